The molecule has 0 aromatic rings. The van der Waals surface area contributed by atoms with E-state index in [4.69, 9.17) is 15.4 Å². The van der Waals surface area contributed by atoms with Crippen LogP contribution >= 0.6 is 0 Å². The quantitative estimate of drug-likeness (QED) is 0.372. The molecule has 60 valence electrons. The van der Waals surface area contributed by atoms with Gasteiger partial charge >= 0.3 is 5.97 Å². The van der Waals surface area contributed by atoms with Crippen molar-refractivity contribution in [3.8, 4) is 0 Å². The zero-order valence-electron chi connectivity index (χ0n) is 5.90. The lowest BCUT2D eigenvalue weighted by Gasteiger charge is -2.25. The van der Waals surface area contributed by atoms with Gasteiger partial charge in [-0.05, 0) is 13.8 Å². The lowest BCUT2D eigenvalue weighted by Crippen LogP contribution is -2.50. The maximum atomic E-state index is 10.2. The maximum absolute atomic E-state index is 10.2. The van der Waals surface area contributed by atoms with E-state index in [2.05, 4.69) is 0 Å². The average molecular weight is 149 g/mol. The Balaban J connectivity index is 4.23. The van der Waals surface area contributed by atoms with E-state index in [9.17, 15) is 4.79 Å². The van der Waals surface area contributed by atoms with Crippen LogP contribution in [0.1, 0.15) is 13.8 Å². The van der Waals surface area contributed by atoms with Gasteiger partial charge in [-0.1, -0.05) is 0 Å². The van der Waals surface area contributed by atoms with Gasteiger partial charge in [-0.2, -0.15) is 5.06 Å². The van der Waals surface area contributed by atoms with E-state index in [1.165, 1.54) is 6.92 Å². The second-order valence-electron chi connectivity index (χ2n) is 2.04. The molecule has 0 amide bonds. The van der Waals surface area contributed by atoms with Gasteiger partial charge in [0.2, 0.25) is 5.72 Å². The second-order valence-corrected chi connectivity index (χ2v) is 2.04. The first-order chi connectivity index (χ1) is 4.42. The highest BCUT2D eigenvalue weighted by atomic mass is 16.6. The van der Waals surface area contributed by atoms with Crippen LogP contribution in [0.15, 0.2) is 0 Å². The van der Waals surface area contributed by atoms with Crippen molar-refractivity contribution in [2.45, 2.75) is 19.6 Å². The van der Waals surface area contributed by atoms with E-state index in [-0.39, 0.29) is 6.54 Å². The minimum Gasteiger partial charge on any atom is -0.478 e. The number of hydrogen-bond donors (Lipinski definition) is 3. The molecule has 0 fully saturated rings. The van der Waals surface area contributed by atoms with E-state index >= 15 is 0 Å². The highest BCUT2D eigenvalue weighted by Crippen LogP contribution is 2.06. The molecule has 0 aliphatic heterocycles. The fraction of sp³-hybridized carbons (Fsp3) is 0.800. The first kappa shape index (κ1) is 9.35. The molecule has 0 aliphatic rings. The van der Waals surface area contributed by atoms with Gasteiger partial charge in [0.1, 0.15) is 0 Å². The molecule has 0 saturated carbocycles. The van der Waals surface area contributed by atoms with E-state index in [0.717, 1.165) is 6.92 Å². The maximum Gasteiger partial charge on any atom is 0.353 e. The molecule has 1 unspecified atom stereocenters. The van der Waals surface area contributed by atoms with Gasteiger partial charge < -0.3 is 15.4 Å². The van der Waals surface area contributed by atoms with Gasteiger partial charge in [-0.3, -0.25) is 0 Å². The predicted octanol–water partition coefficient (Wildman–Crippen LogP) is -0.509. The van der Waals surface area contributed by atoms with Crippen LogP contribution < -0.4 is 0 Å². The fourth-order valence-electron chi connectivity index (χ4n) is 0.418. The van der Waals surface area contributed by atoms with E-state index in [1.807, 2.05) is 0 Å². The van der Waals surface area contributed by atoms with Crippen molar-refractivity contribution in [1.82, 2.24) is 5.06 Å². The monoisotopic (exact) mass is 149 g/mol. The summed E-state index contributed by atoms with van der Waals surface area (Å²) in [6.07, 6.45) is 0. The number of likely N-dealkylation sites (N-methyl/N-ethyl adjacent to an activating group) is 1. The third-order valence-electron chi connectivity index (χ3n) is 1.21. The standard InChI is InChI=1S/C5H11NO4/c1-3-6(10)5(2,9)4(7)8/h9-10H,3H2,1-2H3,(H,7,8). The summed E-state index contributed by atoms with van der Waals surface area (Å²) in [6, 6.07) is 0. The number of carboxylic acid groups (broad SMARTS) is 1. The largest absolute Gasteiger partial charge is 0.478 e. The van der Waals surface area contributed by atoms with Crippen molar-refractivity contribution in [3.05, 3.63) is 0 Å². The van der Waals surface area contributed by atoms with Gasteiger partial charge in [0.15, 0.2) is 0 Å². The Morgan fingerprint density at radius 1 is 1.70 bits per heavy atom. The van der Waals surface area contributed by atoms with Crippen LogP contribution in [0, 0.1) is 0 Å². The number of aliphatic carboxylic acids is 1. The molecule has 5 heteroatoms. The SMILES string of the molecule is CCN(O)C(C)(O)C(=O)O. The number of hydrogen-bond acceptors (Lipinski definition) is 4. The first-order valence-electron chi connectivity index (χ1n) is 2.85. The summed E-state index contributed by atoms with van der Waals surface area (Å²) in [5.74, 6) is -1.48. The van der Waals surface area contributed by atoms with E-state index in [0.29, 0.717) is 5.06 Å². The van der Waals surface area contributed by atoms with Crippen molar-refractivity contribution < 1.29 is 20.2 Å². The number of carboxylic acids is 1. The fourth-order valence-corrected chi connectivity index (χ4v) is 0.418. The van der Waals surface area contributed by atoms with Crippen LogP contribution in [-0.4, -0.2) is 38.7 Å². The Hall–Kier alpha value is -0.650. The topological polar surface area (TPSA) is 81.0 Å². The summed E-state index contributed by atoms with van der Waals surface area (Å²) in [5.41, 5.74) is -2.19. The molecule has 0 aromatic heterocycles. The number of rotatable bonds is 3. The van der Waals surface area contributed by atoms with Crippen LogP contribution in [0.3, 0.4) is 0 Å². The third-order valence-corrected chi connectivity index (χ3v) is 1.21. The Labute approximate surface area is 58.5 Å². The summed E-state index contributed by atoms with van der Waals surface area (Å²) < 4.78 is 0. The van der Waals surface area contributed by atoms with Gasteiger partial charge in [0.25, 0.3) is 0 Å². The molecular formula is C5H11NO4. The second kappa shape index (κ2) is 2.96. The zero-order chi connectivity index (χ0) is 8.36. The summed E-state index contributed by atoms with van der Waals surface area (Å²) in [5, 5.41) is 26.3. The van der Waals surface area contributed by atoms with Gasteiger partial charge in [0, 0.05) is 6.54 Å². The third kappa shape index (κ3) is 1.66. The van der Waals surface area contributed by atoms with Crippen LogP contribution in [0.25, 0.3) is 0 Å². The molecule has 0 aromatic carbocycles. The van der Waals surface area contributed by atoms with Crippen molar-refractivity contribution in [3.63, 3.8) is 0 Å². The normalized spacial score (nSPS) is 16.9. The summed E-state index contributed by atoms with van der Waals surface area (Å²) in [6.45, 7) is 2.58. The molecule has 3 N–H and O–H groups in total. The molecule has 0 aliphatic carbocycles. The lowest BCUT2D eigenvalue weighted by atomic mass is 10.2. The van der Waals surface area contributed by atoms with Gasteiger partial charge in [0.05, 0.1) is 0 Å². The smallest absolute Gasteiger partial charge is 0.353 e. The molecule has 0 spiro atoms. The van der Waals surface area contributed by atoms with Gasteiger partial charge in [-0.25, -0.2) is 4.79 Å². The minimum atomic E-state index is -2.19. The minimum absolute atomic E-state index is 0.0549. The molecule has 0 bridgehead atoms. The van der Waals surface area contributed by atoms with E-state index < -0.39 is 11.7 Å². The van der Waals surface area contributed by atoms with Crippen LogP contribution in [-0.2, 0) is 4.79 Å². The molecule has 1 atom stereocenters. The van der Waals surface area contributed by atoms with Crippen LogP contribution in [0.5, 0.6) is 0 Å². The zero-order valence-corrected chi connectivity index (χ0v) is 5.90. The molecule has 0 heterocycles. The number of nitrogens with zero attached hydrogens (tertiary/aromatic N) is 1. The first-order valence-corrected chi connectivity index (χ1v) is 2.85. The van der Waals surface area contributed by atoms with Crippen molar-refractivity contribution in [1.29, 1.82) is 0 Å². The Morgan fingerprint density at radius 2 is 2.10 bits per heavy atom. The summed E-state index contributed by atoms with van der Waals surface area (Å²) >= 11 is 0. The predicted molar refractivity (Wildman–Crippen MR) is 32.4 cm³/mol. The molecule has 5 nitrogen and oxygen atoms in total. The Bertz CT molecular complexity index is 134. The highest BCUT2D eigenvalue weighted by Gasteiger charge is 2.35. The van der Waals surface area contributed by atoms with Crippen LogP contribution in [0.2, 0.25) is 0 Å². The van der Waals surface area contributed by atoms with Crippen LogP contribution in [0.4, 0.5) is 0 Å². The molecular weight excluding hydrogens is 138 g/mol. The van der Waals surface area contributed by atoms with E-state index in [1.54, 1.807) is 0 Å². The molecule has 0 rings (SSSR count). The highest BCUT2D eigenvalue weighted by molar-refractivity contribution is 5.75. The molecule has 10 heavy (non-hydrogen) atoms. The average Bonchev–Trinajstić information content (AvgIpc) is 1.86. The van der Waals surface area contributed by atoms with Gasteiger partial charge in [-0.15, -0.1) is 0 Å². The molecule has 0 radical (unpaired) electrons. The lowest BCUT2D eigenvalue weighted by molar-refractivity contribution is -0.253. The van der Waals surface area contributed by atoms with Crippen molar-refractivity contribution in [2.75, 3.05) is 6.54 Å². The Morgan fingerprint density at radius 3 is 2.20 bits per heavy atom. The summed E-state index contributed by atoms with van der Waals surface area (Å²) in [7, 11) is 0. The number of aliphatic hydroxyl groups is 1. The number of hydroxylamine groups is 2. The van der Waals surface area contributed by atoms with Crippen molar-refractivity contribution in [2.24, 2.45) is 0 Å². The summed E-state index contributed by atoms with van der Waals surface area (Å²) in [4.78, 5) is 10.2. The Kier molecular flexibility index (Phi) is 2.77. The molecule has 0 saturated heterocycles. The van der Waals surface area contributed by atoms with Crippen molar-refractivity contribution >= 4 is 5.97 Å². The number of carbonyl (C=O) groups is 1.